The number of hydrogen-bond donors (Lipinski definition) is 2. The molecular formula is C19H17N5Na2O5S. The summed E-state index contributed by atoms with van der Waals surface area (Å²) < 4.78 is 40.6. The Kier molecular flexibility index (Phi) is 10.3. The Morgan fingerprint density at radius 1 is 1.09 bits per heavy atom. The molecular weight excluding hydrogens is 456 g/mol. The van der Waals surface area contributed by atoms with Crippen LogP contribution in [0.15, 0.2) is 55.7 Å². The summed E-state index contributed by atoms with van der Waals surface area (Å²) in [6.45, 7) is 1.76. The van der Waals surface area contributed by atoms with Gasteiger partial charge in [-0.25, -0.2) is 8.42 Å². The van der Waals surface area contributed by atoms with Gasteiger partial charge in [-0.3, -0.25) is 0 Å². The molecule has 0 saturated carbocycles. The molecule has 3 aromatic carbocycles. The predicted octanol–water partition coefficient (Wildman–Crippen LogP) is -1.71. The van der Waals surface area contributed by atoms with Gasteiger partial charge in [-0.15, -0.1) is 15.6 Å². The number of methoxy groups -OCH3 is 1. The molecule has 0 aliphatic rings. The molecule has 0 aliphatic heterocycles. The molecule has 13 heteroatoms. The number of nitrogens with zero attached hydrogens (tertiary/aromatic N) is 4. The van der Waals surface area contributed by atoms with E-state index in [2.05, 4.69) is 26.5 Å². The van der Waals surface area contributed by atoms with Crippen molar-refractivity contribution in [1.82, 2.24) is 0 Å². The molecule has 3 rings (SSSR count). The quantitative estimate of drug-likeness (QED) is 0.147. The number of phenols is 1. The van der Waals surface area contributed by atoms with Gasteiger partial charge in [0.05, 0.1) is 17.7 Å². The van der Waals surface area contributed by atoms with Crippen LogP contribution in [0.4, 0.5) is 22.7 Å². The van der Waals surface area contributed by atoms with E-state index in [0.29, 0.717) is 11.3 Å². The maximum absolute atomic E-state index is 11.8. The topological polar surface area (TPSA) is 162 Å². The summed E-state index contributed by atoms with van der Waals surface area (Å²) >= 11 is 0. The van der Waals surface area contributed by atoms with Gasteiger partial charge in [-0.05, 0) is 18.6 Å². The molecule has 0 aliphatic carbocycles. The molecule has 0 bridgehead atoms. The third-order valence-corrected chi connectivity index (χ3v) is 5.12. The Morgan fingerprint density at radius 3 is 2.38 bits per heavy atom. The van der Waals surface area contributed by atoms with Crippen molar-refractivity contribution in [3.05, 3.63) is 42.0 Å². The van der Waals surface area contributed by atoms with Crippen molar-refractivity contribution in [1.29, 1.82) is 0 Å². The van der Waals surface area contributed by atoms with E-state index < -0.39 is 26.5 Å². The number of fused-ring (bicyclic) bond motifs is 1. The van der Waals surface area contributed by atoms with Crippen LogP contribution in [0.3, 0.4) is 0 Å². The SMILES string of the molecule is CN=Nc1cc(OC)c(N=Nc2c(S(=O)(=O)[O-])cc3c[c-]cc(N)c3c2O)cc1C.[Na+].[Na+]. The van der Waals surface area contributed by atoms with Crippen LogP contribution in [-0.4, -0.2) is 32.2 Å². The predicted molar refractivity (Wildman–Crippen MR) is 109 cm³/mol. The van der Waals surface area contributed by atoms with Gasteiger partial charge in [0.1, 0.15) is 33.0 Å². The molecule has 3 N–H and O–H groups in total. The van der Waals surface area contributed by atoms with E-state index >= 15 is 0 Å². The standard InChI is InChI=1S/C19H18N5O5S.2Na/c1-10-7-14(15(29-3)9-13(10)22-21-2)23-24-18-16(30(26,27)28)8-11-5-4-6-12(20)17(11)19(18)25;;/h5-9,25H,20H2,1-3H3,(H,26,27,28);;/q-1;2*+1/p-1. The van der Waals surface area contributed by atoms with Gasteiger partial charge in [-0.2, -0.15) is 28.4 Å². The molecule has 0 atom stereocenters. The molecule has 3 aromatic rings. The number of benzene rings is 3. The van der Waals surface area contributed by atoms with E-state index in [1.165, 1.54) is 26.3 Å². The largest absolute Gasteiger partial charge is 1.00 e. The molecule has 10 nitrogen and oxygen atoms in total. The van der Waals surface area contributed by atoms with Crippen LogP contribution >= 0.6 is 0 Å². The third kappa shape index (κ3) is 5.86. The van der Waals surface area contributed by atoms with Crippen molar-refractivity contribution in [2.24, 2.45) is 20.5 Å². The molecule has 0 heterocycles. The van der Waals surface area contributed by atoms with Crippen LogP contribution in [0, 0.1) is 13.0 Å². The van der Waals surface area contributed by atoms with Gasteiger partial charge in [0.15, 0.2) is 0 Å². The van der Waals surface area contributed by atoms with Crippen molar-refractivity contribution in [2.75, 3.05) is 19.9 Å². The average Bonchev–Trinajstić information content (AvgIpc) is 2.68. The van der Waals surface area contributed by atoms with Gasteiger partial charge in [0.25, 0.3) is 0 Å². The maximum Gasteiger partial charge on any atom is 1.00 e. The van der Waals surface area contributed by atoms with Crippen molar-refractivity contribution in [2.45, 2.75) is 11.8 Å². The van der Waals surface area contributed by atoms with E-state index in [1.54, 1.807) is 19.1 Å². The van der Waals surface area contributed by atoms with Crippen molar-refractivity contribution in [3.8, 4) is 11.5 Å². The molecule has 0 fully saturated rings. The fourth-order valence-electron chi connectivity index (χ4n) is 2.87. The summed E-state index contributed by atoms with van der Waals surface area (Å²) in [5.41, 5.74) is 6.97. The van der Waals surface area contributed by atoms with Gasteiger partial charge < -0.3 is 20.1 Å². The number of nitrogens with two attached hydrogens (primary N) is 1. The maximum atomic E-state index is 11.8. The van der Waals surface area contributed by atoms with Crippen LogP contribution in [0.5, 0.6) is 11.5 Å². The number of hydrogen-bond acceptors (Lipinski definition) is 10. The summed E-state index contributed by atoms with van der Waals surface area (Å²) in [6, 6.07) is 9.76. The number of aromatic hydroxyl groups is 1. The minimum absolute atomic E-state index is 0. The van der Waals surface area contributed by atoms with Crippen LogP contribution in [0.25, 0.3) is 10.8 Å². The average molecular weight is 473 g/mol. The van der Waals surface area contributed by atoms with Crippen LogP contribution in [-0.2, 0) is 10.1 Å². The first kappa shape index (κ1) is 28.5. The number of rotatable bonds is 5. The molecule has 0 spiro atoms. The summed E-state index contributed by atoms with van der Waals surface area (Å²) in [5.74, 6) is -0.294. The zero-order chi connectivity index (χ0) is 22.1. The Hall–Kier alpha value is -1.57. The fraction of sp³-hybridized carbons (Fsp3) is 0.158. The van der Waals surface area contributed by atoms with Gasteiger partial charge in [-0.1, -0.05) is 17.1 Å². The molecule has 0 aromatic heterocycles. The Balaban J connectivity index is 0.00000256. The minimum atomic E-state index is -4.98. The first-order valence-corrected chi connectivity index (χ1v) is 9.89. The zero-order valence-corrected chi connectivity index (χ0v) is 23.1. The van der Waals surface area contributed by atoms with Crippen molar-refractivity contribution >= 4 is 43.6 Å². The van der Waals surface area contributed by atoms with Gasteiger partial charge in [0.2, 0.25) is 0 Å². The van der Waals surface area contributed by atoms with Crippen LogP contribution in [0.2, 0.25) is 0 Å². The molecule has 156 valence electrons. The number of nitrogen functional groups attached to an aromatic ring is 1. The summed E-state index contributed by atoms with van der Waals surface area (Å²) in [7, 11) is -2.04. The van der Waals surface area contributed by atoms with E-state index in [1.807, 2.05) is 0 Å². The smallest absolute Gasteiger partial charge is 0.744 e. The van der Waals surface area contributed by atoms with Gasteiger partial charge in [0, 0.05) is 13.1 Å². The summed E-state index contributed by atoms with van der Waals surface area (Å²) in [6.07, 6.45) is 0. The number of aryl methyl sites for hydroxylation is 1. The minimum Gasteiger partial charge on any atom is -0.744 e. The molecule has 0 radical (unpaired) electrons. The molecule has 0 amide bonds. The number of ether oxygens (including phenoxy) is 1. The number of anilines is 1. The number of phenolic OH excluding ortho intramolecular Hbond substituents is 1. The monoisotopic (exact) mass is 473 g/mol. The Bertz CT molecular complexity index is 1310. The normalized spacial score (nSPS) is 11.5. The van der Waals surface area contributed by atoms with E-state index in [-0.39, 0.29) is 87.0 Å². The van der Waals surface area contributed by atoms with Crippen molar-refractivity contribution < 1.29 is 81.9 Å². The second-order valence-electron chi connectivity index (χ2n) is 6.21. The summed E-state index contributed by atoms with van der Waals surface area (Å²) in [4.78, 5) is -0.734. The Labute approximate surface area is 229 Å². The number of azo groups is 2. The fourth-order valence-corrected chi connectivity index (χ4v) is 3.52. The molecule has 0 unspecified atom stereocenters. The zero-order valence-electron chi connectivity index (χ0n) is 18.2. The van der Waals surface area contributed by atoms with Crippen molar-refractivity contribution in [3.63, 3.8) is 0 Å². The second kappa shape index (κ2) is 11.5. The van der Waals surface area contributed by atoms with E-state index in [9.17, 15) is 18.1 Å². The van der Waals surface area contributed by atoms with Crippen LogP contribution < -0.4 is 69.6 Å². The first-order chi connectivity index (χ1) is 14.2. The van der Waals surface area contributed by atoms with Gasteiger partial charge >= 0.3 is 59.1 Å². The third-order valence-electron chi connectivity index (χ3n) is 4.27. The molecule has 0 saturated heterocycles. The molecule has 32 heavy (non-hydrogen) atoms. The summed E-state index contributed by atoms with van der Waals surface area (Å²) in [5, 5.41) is 26.5. The second-order valence-corrected chi connectivity index (χ2v) is 7.56. The Morgan fingerprint density at radius 2 is 1.78 bits per heavy atom. The first-order valence-electron chi connectivity index (χ1n) is 8.48. The van der Waals surface area contributed by atoms with E-state index in [4.69, 9.17) is 10.5 Å². The van der Waals surface area contributed by atoms with Crippen LogP contribution in [0.1, 0.15) is 5.56 Å². The van der Waals surface area contributed by atoms with E-state index in [0.717, 1.165) is 6.07 Å².